The molecule has 1 unspecified atom stereocenters. The molecular formula is C17H16N2O2S. The van der Waals surface area contributed by atoms with Crippen molar-refractivity contribution in [1.29, 1.82) is 0 Å². The van der Waals surface area contributed by atoms with Gasteiger partial charge in [-0.25, -0.2) is 4.98 Å². The van der Waals surface area contributed by atoms with Gasteiger partial charge in [-0.1, -0.05) is 24.3 Å². The van der Waals surface area contributed by atoms with Crippen molar-refractivity contribution in [3.8, 4) is 0 Å². The molecule has 3 aromatic rings. The van der Waals surface area contributed by atoms with Gasteiger partial charge in [0.1, 0.15) is 11.3 Å². The van der Waals surface area contributed by atoms with E-state index < -0.39 is 5.60 Å². The maximum absolute atomic E-state index is 12.2. The van der Waals surface area contributed by atoms with E-state index in [2.05, 4.69) is 10.3 Å². The van der Waals surface area contributed by atoms with Gasteiger partial charge in [-0.05, 0) is 41.4 Å². The molecule has 1 aromatic carbocycles. The summed E-state index contributed by atoms with van der Waals surface area (Å²) in [5.41, 5.74) is 0.829. The van der Waals surface area contributed by atoms with E-state index in [1.165, 1.54) is 11.3 Å². The number of hydrogen-bond acceptors (Lipinski definition) is 4. The maximum atomic E-state index is 12.2. The number of nitrogens with one attached hydrogen (secondary N) is 1. The quantitative estimate of drug-likeness (QED) is 0.778. The zero-order valence-corrected chi connectivity index (χ0v) is 12.9. The van der Waals surface area contributed by atoms with Gasteiger partial charge in [0.2, 0.25) is 0 Å². The summed E-state index contributed by atoms with van der Waals surface area (Å²) in [5.74, 6) is -0.291. The number of aromatic nitrogens is 1. The Bertz CT molecular complexity index is 797. The lowest BCUT2D eigenvalue weighted by Gasteiger charge is -2.22. The fourth-order valence-corrected chi connectivity index (χ4v) is 2.99. The average molecular weight is 312 g/mol. The Morgan fingerprint density at radius 3 is 2.86 bits per heavy atom. The van der Waals surface area contributed by atoms with Gasteiger partial charge in [0.15, 0.2) is 0 Å². The molecule has 2 aromatic heterocycles. The van der Waals surface area contributed by atoms with Gasteiger partial charge in [0, 0.05) is 5.39 Å². The molecule has 22 heavy (non-hydrogen) atoms. The van der Waals surface area contributed by atoms with E-state index in [0.717, 1.165) is 16.5 Å². The number of amides is 1. The van der Waals surface area contributed by atoms with Crippen molar-refractivity contribution in [3.63, 3.8) is 0 Å². The molecule has 0 aliphatic carbocycles. The van der Waals surface area contributed by atoms with Crippen LogP contribution in [0.1, 0.15) is 23.0 Å². The number of carbonyl (C=O) groups excluding carboxylic acids is 1. The van der Waals surface area contributed by atoms with Crippen LogP contribution in [-0.2, 0) is 5.60 Å². The lowest BCUT2D eigenvalue weighted by Crippen LogP contribution is -2.38. The summed E-state index contributed by atoms with van der Waals surface area (Å²) >= 11 is 1.51. The Labute approximate surface area is 132 Å². The van der Waals surface area contributed by atoms with E-state index >= 15 is 0 Å². The van der Waals surface area contributed by atoms with E-state index in [4.69, 9.17) is 0 Å². The minimum absolute atomic E-state index is 0.136. The van der Waals surface area contributed by atoms with Crippen LogP contribution < -0.4 is 5.32 Å². The van der Waals surface area contributed by atoms with Crippen molar-refractivity contribution in [1.82, 2.24) is 10.3 Å². The number of hydrogen-bond donors (Lipinski definition) is 2. The summed E-state index contributed by atoms with van der Waals surface area (Å²) in [4.78, 5) is 16.6. The zero-order chi connectivity index (χ0) is 15.6. The van der Waals surface area contributed by atoms with Crippen molar-refractivity contribution in [2.45, 2.75) is 12.5 Å². The van der Waals surface area contributed by atoms with E-state index in [-0.39, 0.29) is 12.5 Å². The number of aliphatic hydroxyl groups is 1. The molecule has 0 radical (unpaired) electrons. The average Bonchev–Trinajstić information content (AvgIpc) is 3.07. The van der Waals surface area contributed by atoms with E-state index in [9.17, 15) is 9.90 Å². The highest BCUT2D eigenvalue weighted by Crippen LogP contribution is 2.22. The van der Waals surface area contributed by atoms with Crippen LogP contribution in [0.2, 0.25) is 0 Å². The van der Waals surface area contributed by atoms with Gasteiger partial charge in [-0.3, -0.25) is 4.79 Å². The Hall–Kier alpha value is -2.24. The molecule has 0 bridgehead atoms. The number of nitrogens with zero attached hydrogens (tertiary/aromatic N) is 1. The third kappa shape index (κ3) is 3.00. The molecule has 5 heteroatoms. The number of para-hydroxylation sites is 1. The molecule has 0 saturated heterocycles. The first-order valence-electron chi connectivity index (χ1n) is 6.95. The molecule has 0 aliphatic rings. The van der Waals surface area contributed by atoms with Crippen LogP contribution >= 0.6 is 11.3 Å². The van der Waals surface area contributed by atoms with Gasteiger partial charge >= 0.3 is 0 Å². The molecular weight excluding hydrogens is 296 g/mol. The van der Waals surface area contributed by atoms with Crippen LogP contribution in [0.4, 0.5) is 0 Å². The highest BCUT2D eigenvalue weighted by atomic mass is 32.1. The minimum Gasteiger partial charge on any atom is -0.384 e. The molecule has 0 saturated carbocycles. The van der Waals surface area contributed by atoms with E-state index in [1.807, 2.05) is 47.2 Å². The highest BCUT2D eigenvalue weighted by Gasteiger charge is 2.24. The predicted octanol–water partition coefficient (Wildman–Crippen LogP) is 2.93. The molecule has 2 heterocycles. The first kappa shape index (κ1) is 14.7. The summed E-state index contributed by atoms with van der Waals surface area (Å²) in [6.07, 6.45) is 0. The zero-order valence-electron chi connectivity index (χ0n) is 12.1. The van der Waals surface area contributed by atoms with Crippen LogP contribution in [0.25, 0.3) is 10.9 Å². The Morgan fingerprint density at radius 1 is 1.27 bits per heavy atom. The third-order valence-electron chi connectivity index (χ3n) is 3.57. The molecule has 2 N–H and O–H groups in total. The smallest absolute Gasteiger partial charge is 0.270 e. The van der Waals surface area contributed by atoms with Gasteiger partial charge in [0.05, 0.1) is 12.1 Å². The monoisotopic (exact) mass is 312 g/mol. The molecule has 1 amide bonds. The molecule has 0 aliphatic heterocycles. The third-order valence-corrected chi connectivity index (χ3v) is 4.25. The largest absolute Gasteiger partial charge is 0.384 e. The summed E-state index contributed by atoms with van der Waals surface area (Å²) < 4.78 is 0. The molecule has 1 atom stereocenters. The van der Waals surface area contributed by atoms with E-state index in [1.54, 1.807) is 13.0 Å². The van der Waals surface area contributed by atoms with Crippen LogP contribution in [0.15, 0.2) is 53.2 Å². The highest BCUT2D eigenvalue weighted by molar-refractivity contribution is 7.08. The second-order valence-electron chi connectivity index (χ2n) is 5.36. The molecule has 0 spiro atoms. The number of rotatable bonds is 4. The van der Waals surface area contributed by atoms with Crippen LogP contribution in [0.5, 0.6) is 0 Å². The molecule has 4 nitrogen and oxygen atoms in total. The van der Waals surface area contributed by atoms with Gasteiger partial charge in [0.25, 0.3) is 5.91 Å². The van der Waals surface area contributed by atoms with Crippen molar-refractivity contribution >= 4 is 28.1 Å². The van der Waals surface area contributed by atoms with Crippen molar-refractivity contribution in [3.05, 3.63) is 64.5 Å². The number of thiophene rings is 1. The van der Waals surface area contributed by atoms with E-state index in [0.29, 0.717) is 5.69 Å². The van der Waals surface area contributed by atoms with Gasteiger partial charge < -0.3 is 10.4 Å². The van der Waals surface area contributed by atoms with Crippen molar-refractivity contribution in [2.75, 3.05) is 6.54 Å². The van der Waals surface area contributed by atoms with Crippen LogP contribution in [0, 0.1) is 0 Å². The maximum Gasteiger partial charge on any atom is 0.270 e. The lowest BCUT2D eigenvalue weighted by molar-refractivity contribution is 0.0529. The molecule has 3 rings (SSSR count). The standard InChI is InChI=1S/C17H16N2O2S/c1-17(21,13-8-9-22-10-13)11-18-16(20)15-7-6-12-4-2-3-5-14(12)19-15/h2-10,21H,11H2,1H3,(H,18,20). The van der Waals surface area contributed by atoms with Gasteiger partial charge in [-0.2, -0.15) is 11.3 Å². The lowest BCUT2D eigenvalue weighted by atomic mass is 9.99. The summed E-state index contributed by atoms with van der Waals surface area (Å²) in [7, 11) is 0. The number of benzene rings is 1. The predicted molar refractivity (Wildman–Crippen MR) is 88.0 cm³/mol. The Balaban J connectivity index is 1.73. The molecule has 112 valence electrons. The van der Waals surface area contributed by atoms with Crippen molar-refractivity contribution < 1.29 is 9.90 Å². The Morgan fingerprint density at radius 2 is 2.09 bits per heavy atom. The number of fused-ring (bicyclic) bond motifs is 1. The fourth-order valence-electron chi connectivity index (χ4n) is 2.21. The van der Waals surface area contributed by atoms with Crippen LogP contribution in [0.3, 0.4) is 0 Å². The SMILES string of the molecule is CC(O)(CNC(=O)c1ccc2ccccc2n1)c1ccsc1. The fraction of sp³-hybridized carbons (Fsp3) is 0.176. The normalized spacial score (nSPS) is 13.7. The molecule has 0 fully saturated rings. The van der Waals surface area contributed by atoms with Crippen LogP contribution in [-0.4, -0.2) is 22.5 Å². The number of pyridine rings is 1. The Kier molecular flexibility index (Phi) is 3.92. The van der Waals surface area contributed by atoms with Crippen molar-refractivity contribution in [2.24, 2.45) is 0 Å². The second-order valence-corrected chi connectivity index (χ2v) is 6.14. The topological polar surface area (TPSA) is 62.2 Å². The summed E-state index contributed by atoms with van der Waals surface area (Å²) in [6, 6.07) is 13.1. The first-order chi connectivity index (χ1) is 10.6. The van der Waals surface area contributed by atoms with Gasteiger partial charge in [-0.15, -0.1) is 0 Å². The number of carbonyl (C=O) groups is 1. The minimum atomic E-state index is -1.09. The second kappa shape index (κ2) is 5.87. The summed E-state index contributed by atoms with van der Waals surface area (Å²) in [6.45, 7) is 1.82. The first-order valence-corrected chi connectivity index (χ1v) is 7.89. The summed E-state index contributed by atoms with van der Waals surface area (Å²) in [5, 5.41) is 17.9.